The average molecular weight is 310 g/mol. The Labute approximate surface area is 122 Å². The second-order valence-corrected chi connectivity index (χ2v) is 4.86. The molecule has 0 fully saturated rings. The van der Waals surface area contributed by atoms with Crippen molar-refractivity contribution in [3.63, 3.8) is 0 Å². The van der Waals surface area contributed by atoms with Gasteiger partial charge in [-0.25, -0.2) is 4.98 Å². The summed E-state index contributed by atoms with van der Waals surface area (Å²) in [5.74, 6) is 0. The highest BCUT2D eigenvalue weighted by molar-refractivity contribution is 7.71. The van der Waals surface area contributed by atoms with Crippen molar-refractivity contribution < 1.29 is 13.2 Å². The van der Waals surface area contributed by atoms with Crippen LogP contribution < -0.4 is 0 Å². The quantitative estimate of drug-likeness (QED) is 0.736. The summed E-state index contributed by atoms with van der Waals surface area (Å²) in [7, 11) is 0. The maximum Gasteiger partial charge on any atom is 0.416 e. The molecule has 0 saturated carbocycles. The standard InChI is InChI=1S/C13H9F3N4S/c14-13(15,16)10-4-2-1-3-8(10)5-20-6-9-11(19-20)17-7-18-12(9)21/h1-4,6-7H,5H2,(H,17,18,19,21). The molecule has 1 N–H and O–H groups in total. The number of alkyl halides is 3. The van der Waals surface area contributed by atoms with E-state index < -0.39 is 11.7 Å². The molecule has 0 saturated heterocycles. The van der Waals surface area contributed by atoms with Crippen molar-refractivity contribution in [2.45, 2.75) is 12.7 Å². The van der Waals surface area contributed by atoms with Gasteiger partial charge in [0.2, 0.25) is 0 Å². The summed E-state index contributed by atoms with van der Waals surface area (Å²) in [4.78, 5) is 6.76. The van der Waals surface area contributed by atoms with Crippen molar-refractivity contribution >= 4 is 23.3 Å². The molecule has 1 aromatic carbocycles. The SMILES string of the molecule is FC(F)(F)c1ccccc1Cn1cc2c(=S)[nH]cnc2n1. The number of hydrogen-bond donors (Lipinski definition) is 1. The normalized spacial score (nSPS) is 12.0. The molecule has 0 bridgehead atoms. The van der Waals surface area contributed by atoms with Crippen LogP contribution in [-0.4, -0.2) is 19.7 Å². The van der Waals surface area contributed by atoms with Gasteiger partial charge < -0.3 is 4.98 Å². The van der Waals surface area contributed by atoms with Crippen molar-refractivity contribution in [2.24, 2.45) is 0 Å². The van der Waals surface area contributed by atoms with Gasteiger partial charge >= 0.3 is 6.18 Å². The second kappa shape index (κ2) is 4.96. The molecule has 0 spiro atoms. The smallest absolute Gasteiger partial charge is 0.337 e. The average Bonchev–Trinajstić information content (AvgIpc) is 2.82. The first-order chi connectivity index (χ1) is 9.95. The Kier molecular flexibility index (Phi) is 3.25. The van der Waals surface area contributed by atoms with Gasteiger partial charge in [-0.1, -0.05) is 30.4 Å². The number of H-pyrrole nitrogens is 1. The fourth-order valence-electron chi connectivity index (χ4n) is 2.09. The third kappa shape index (κ3) is 2.66. The van der Waals surface area contributed by atoms with E-state index >= 15 is 0 Å². The van der Waals surface area contributed by atoms with Crippen LogP contribution in [0, 0.1) is 4.64 Å². The van der Waals surface area contributed by atoms with Crippen LogP contribution in [0.5, 0.6) is 0 Å². The summed E-state index contributed by atoms with van der Waals surface area (Å²) in [5, 5.41) is 4.75. The second-order valence-electron chi connectivity index (χ2n) is 4.45. The van der Waals surface area contributed by atoms with E-state index in [1.165, 1.54) is 23.1 Å². The lowest BCUT2D eigenvalue weighted by Crippen LogP contribution is -2.11. The van der Waals surface area contributed by atoms with E-state index in [0.717, 1.165) is 6.07 Å². The first-order valence-electron chi connectivity index (χ1n) is 6.01. The fourth-order valence-corrected chi connectivity index (χ4v) is 2.28. The predicted molar refractivity (Wildman–Crippen MR) is 73.3 cm³/mol. The van der Waals surface area contributed by atoms with Crippen molar-refractivity contribution in [1.82, 2.24) is 19.7 Å². The lowest BCUT2D eigenvalue weighted by Gasteiger charge is -2.12. The number of benzene rings is 1. The van der Waals surface area contributed by atoms with Crippen LogP contribution in [0.3, 0.4) is 0 Å². The minimum Gasteiger partial charge on any atom is -0.337 e. The number of aromatic amines is 1. The molecule has 8 heteroatoms. The first kappa shape index (κ1) is 13.7. The molecule has 0 amide bonds. The number of fused-ring (bicyclic) bond motifs is 1. The molecule has 21 heavy (non-hydrogen) atoms. The monoisotopic (exact) mass is 310 g/mol. The highest BCUT2D eigenvalue weighted by Gasteiger charge is 2.32. The Morgan fingerprint density at radius 2 is 2.00 bits per heavy atom. The topological polar surface area (TPSA) is 46.5 Å². The number of nitrogens with zero attached hydrogens (tertiary/aromatic N) is 3. The number of nitrogens with one attached hydrogen (secondary N) is 1. The fraction of sp³-hybridized carbons (Fsp3) is 0.154. The lowest BCUT2D eigenvalue weighted by atomic mass is 10.1. The highest BCUT2D eigenvalue weighted by atomic mass is 32.1. The van der Waals surface area contributed by atoms with E-state index in [-0.39, 0.29) is 12.1 Å². The van der Waals surface area contributed by atoms with Crippen molar-refractivity contribution in [3.05, 3.63) is 52.6 Å². The molecule has 0 unspecified atom stereocenters. The molecule has 0 aliphatic rings. The molecule has 0 atom stereocenters. The number of hydrogen-bond acceptors (Lipinski definition) is 3. The van der Waals surface area contributed by atoms with Crippen LogP contribution in [0.25, 0.3) is 11.0 Å². The molecule has 3 aromatic rings. The Morgan fingerprint density at radius 1 is 1.24 bits per heavy atom. The molecular weight excluding hydrogens is 301 g/mol. The van der Waals surface area contributed by atoms with Crippen LogP contribution in [0.2, 0.25) is 0 Å². The molecule has 2 heterocycles. The zero-order chi connectivity index (χ0) is 15.0. The summed E-state index contributed by atoms with van der Waals surface area (Å²) in [6.45, 7) is 0.000810. The van der Waals surface area contributed by atoms with Gasteiger partial charge in [-0.3, -0.25) is 4.68 Å². The molecule has 3 rings (SSSR count). The van der Waals surface area contributed by atoms with Crippen LogP contribution in [0.1, 0.15) is 11.1 Å². The van der Waals surface area contributed by atoms with E-state index in [1.807, 2.05) is 0 Å². The Bertz CT molecular complexity index is 850. The molecular formula is C13H9F3N4S. The Hall–Kier alpha value is -2.22. The summed E-state index contributed by atoms with van der Waals surface area (Å²) in [6.07, 6.45) is -1.39. The van der Waals surface area contributed by atoms with Crippen LogP contribution in [0.4, 0.5) is 13.2 Å². The Morgan fingerprint density at radius 3 is 2.71 bits per heavy atom. The van der Waals surface area contributed by atoms with Crippen LogP contribution in [0.15, 0.2) is 36.8 Å². The predicted octanol–water partition coefficient (Wildman–Crippen LogP) is 3.56. The van der Waals surface area contributed by atoms with Crippen molar-refractivity contribution in [3.8, 4) is 0 Å². The van der Waals surface area contributed by atoms with Gasteiger partial charge in [0.1, 0.15) is 4.64 Å². The Balaban J connectivity index is 2.03. The largest absolute Gasteiger partial charge is 0.416 e. The third-order valence-electron chi connectivity index (χ3n) is 3.02. The summed E-state index contributed by atoms with van der Waals surface area (Å²) in [6, 6.07) is 5.43. The van der Waals surface area contributed by atoms with E-state index in [0.29, 0.717) is 15.7 Å². The molecule has 0 radical (unpaired) electrons. The van der Waals surface area contributed by atoms with Gasteiger partial charge in [-0.05, 0) is 11.6 Å². The molecule has 0 aliphatic carbocycles. The van der Waals surface area contributed by atoms with Gasteiger partial charge in [0.15, 0.2) is 5.65 Å². The van der Waals surface area contributed by atoms with Gasteiger partial charge in [-0.2, -0.15) is 18.3 Å². The number of rotatable bonds is 2. The number of halogens is 3. The zero-order valence-corrected chi connectivity index (χ0v) is 11.4. The lowest BCUT2D eigenvalue weighted by molar-refractivity contribution is -0.138. The minimum absolute atomic E-state index is 0.000810. The van der Waals surface area contributed by atoms with Crippen molar-refractivity contribution in [1.29, 1.82) is 0 Å². The summed E-state index contributed by atoms with van der Waals surface area (Å²) >= 11 is 5.09. The van der Waals surface area contributed by atoms with E-state index in [2.05, 4.69) is 15.1 Å². The number of aromatic nitrogens is 4. The first-order valence-corrected chi connectivity index (χ1v) is 6.42. The maximum atomic E-state index is 13.0. The third-order valence-corrected chi connectivity index (χ3v) is 3.36. The maximum absolute atomic E-state index is 13.0. The minimum atomic E-state index is -4.39. The zero-order valence-electron chi connectivity index (χ0n) is 10.6. The summed E-state index contributed by atoms with van der Waals surface area (Å²) in [5.41, 5.74) is -0.112. The molecule has 4 nitrogen and oxygen atoms in total. The van der Waals surface area contributed by atoms with E-state index in [1.54, 1.807) is 12.3 Å². The molecule has 108 valence electrons. The van der Waals surface area contributed by atoms with Gasteiger partial charge in [0.05, 0.1) is 23.8 Å². The van der Waals surface area contributed by atoms with Crippen LogP contribution >= 0.6 is 12.2 Å². The van der Waals surface area contributed by atoms with E-state index in [9.17, 15) is 13.2 Å². The molecule has 0 aliphatic heterocycles. The van der Waals surface area contributed by atoms with Crippen LogP contribution in [-0.2, 0) is 12.7 Å². The van der Waals surface area contributed by atoms with Crippen molar-refractivity contribution in [2.75, 3.05) is 0 Å². The van der Waals surface area contributed by atoms with E-state index in [4.69, 9.17) is 12.2 Å². The molecule has 2 aromatic heterocycles. The summed E-state index contributed by atoms with van der Waals surface area (Å²) < 4.78 is 40.7. The highest BCUT2D eigenvalue weighted by Crippen LogP contribution is 2.32. The van der Waals surface area contributed by atoms with Gasteiger partial charge in [0, 0.05) is 6.20 Å². The van der Waals surface area contributed by atoms with Gasteiger partial charge in [-0.15, -0.1) is 0 Å². The van der Waals surface area contributed by atoms with Gasteiger partial charge in [0.25, 0.3) is 0 Å².